The van der Waals surface area contributed by atoms with Crippen molar-refractivity contribution in [1.82, 2.24) is 35.3 Å². The first-order valence-electron chi connectivity index (χ1n) is 7.75. The van der Waals surface area contributed by atoms with Gasteiger partial charge in [0.25, 0.3) is 5.91 Å². The van der Waals surface area contributed by atoms with Crippen LogP contribution >= 0.6 is 0 Å². The van der Waals surface area contributed by atoms with Crippen LogP contribution in [0.3, 0.4) is 0 Å². The molecule has 126 valence electrons. The topological polar surface area (TPSA) is 90.5 Å². The molecule has 3 rings (SSSR count). The van der Waals surface area contributed by atoms with Gasteiger partial charge in [-0.15, -0.1) is 16.6 Å². The van der Waals surface area contributed by atoms with Crippen molar-refractivity contribution in [2.24, 2.45) is 0 Å². The lowest BCUT2D eigenvalue weighted by Crippen LogP contribution is -2.22. The van der Waals surface area contributed by atoms with Gasteiger partial charge in [-0.1, -0.05) is 34.5 Å². The van der Waals surface area contributed by atoms with Gasteiger partial charge in [0.1, 0.15) is 17.4 Å². The van der Waals surface area contributed by atoms with Gasteiger partial charge < -0.3 is 5.32 Å². The van der Waals surface area contributed by atoms with Gasteiger partial charge in [-0.05, 0) is 19.1 Å². The maximum atomic E-state index is 12.0. The van der Waals surface area contributed by atoms with Crippen molar-refractivity contribution in [3.8, 4) is 12.3 Å². The Labute approximate surface area is 144 Å². The van der Waals surface area contributed by atoms with Crippen molar-refractivity contribution in [3.63, 3.8) is 0 Å². The van der Waals surface area contributed by atoms with Gasteiger partial charge in [-0.3, -0.25) is 4.79 Å². The molecule has 0 bridgehead atoms. The van der Waals surface area contributed by atoms with Crippen molar-refractivity contribution in [2.45, 2.75) is 26.1 Å². The van der Waals surface area contributed by atoms with E-state index in [2.05, 4.69) is 31.9 Å². The van der Waals surface area contributed by atoms with Crippen molar-refractivity contribution >= 4 is 5.91 Å². The molecular formula is C17H17N7O. The van der Waals surface area contributed by atoms with E-state index < -0.39 is 0 Å². The highest BCUT2D eigenvalue weighted by atomic mass is 16.1. The van der Waals surface area contributed by atoms with Crippen LogP contribution in [0.2, 0.25) is 0 Å². The number of benzene rings is 1. The molecule has 0 fully saturated rings. The van der Waals surface area contributed by atoms with E-state index in [1.165, 1.54) is 0 Å². The Balaban J connectivity index is 1.56. The number of hydrogen-bond acceptors (Lipinski definition) is 5. The number of hydrogen-bond donors (Lipinski definition) is 1. The zero-order valence-electron chi connectivity index (χ0n) is 13.7. The smallest absolute Gasteiger partial charge is 0.251 e. The molecule has 2 heterocycles. The Morgan fingerprint density at radius 1 is 1.20 bits per heavy atom. The second kappa shape index (κ2) is 7.40. The molecule has 25 heavy (non-hydrogen) atoms. The summed E-state index contributed by atoms with van der Waals surface area (Å²) >= 11 is 0. The van der Waals surface area contributed by atoms with Crippen molar-refractivity contribution < 1.29 is 4.79 Å². The standard InChI is InChI=1S/C17H17N7O/c1-3-13(2)24-12-16(20-22-24)11-23-10-15(19-21-23)9-18-17(25)14-7-5-4-6-8-14/h1,4-8,10,12-13H,9,11H2,2H3,(H,18,25). The highest BCUT2D eigenvalue weighted by molar-refractivity contribution is 5.93. The van der Waals surface area contributed by atoms with E-state index in [1.807, 2.05) is 25.1 Å². The minimum atomic E-state index is -0.152. The third-order valence-electron chi connectivity index (χ3n) is 3.57. The van der Waals surface area contributed by atoms with Gasteiger partial charge >= 0.3 is 0 Å². The SMILES string of the molecule is C#CC(C)n1cc(Cn2cc(CNC(=O)c3ccccc3)nn2)nn1. The summed E-state index contributed by atoms with van der Waals surface area (Å²) in [7, 11) is 0. The van der Waals surface area contributed by atoms with Gasteiger partial charge in [0, 0.05) is 5.56 Å². The van der Waals surface area contributed by atoms with Gasteiger partial charge in [0.2, 0.25) is 0 Å². The maximum Gasteiger partial charge on any atom is 0.251 e. The molecule has 0 radical (unpaired) electrons. The molecule has 2 aromatic heterocycles. The lowest BCUT2D eigenvalue weighted by atomic mass is 10.2. The van der Waals surface area contributed by atoms with Crippen LogP contribution in [0, 0.1) is 12.3 Å². The normalized spacial score (nSPS) is 11.7. The molecule has 1 atom stereocenters. The monoisotopic (exact) mass is 335 g/mol. The summed E-state index contributed by atoms with van der Waals surface area (Å²) in [6, 6.07) is 8.86. The molecule has 8 nitrogen and oxygen atoms in total. The molecule has 0 aliphatic heterocycles. The Morgan fingerprint density at radius 3 is 2.72 bits per heavy atom. The highest BCUT2D eigenvalue weighted by Crippen LogP contribution is 2.05. The zero-order valence-corrected chi connectivity index (χ0v) is 13.7. The maximum absolute atomic E-state index is 12.0. The van der Waals surface area contributed by atoms with E-state index in [1.54, 1.807) is 33.9 Å². The molecule has 8 heteroatoms. The van der Waals surface area contributed by atoms with Crippen LogP contribution < -0.4 is 5.32 Å². The number of aromatic nitrogens is 6. The Morgan fingerprint density at radius 2 is 1.96 bits per heavy atom. The van der Waals surface area contributed by atoms with Gasteiger partial charge in [-0.25, -0.2) is 9.36 Å². The second-order valence-corrected chi connectivity index (χ2v) is 5.49. The quantitative estimate of drug-likeness (QED) is 0.680. The predicted octanol–water partition coefficient (Wildman–Crippen LogP) is 1.04. The Kier molecular flexibility index (Phi) is 4.85. The van der Waals surface area contributed by atoms with E-state index in [0.717, 1.165) is 5.69 Å². The second-order valence-electron chi connectivity index (χ2n) is 5.49. The molecule has 1 N–H and O–H groups in total. The molecule has 0 saturated carbocycles. The number of carbonyl (C=O) groups excluding carboxylic acids is 1. The summed E-state index contributed by atoms with van der Waals surface area (Å²) < 4.78 is 3.26. The molecule has 0 saturated heterocycles. The summed E-state index contributed by atoms with van der Waals surface area (Å²) in [6.45, 7) is 2.59. The average Bonchev–Trinajstić information content (AvgIpc) is 3.29. The average molecular weight is 335 g/mol. The molecule has 1 aromatic carbocycles. The van der Waals surface area contributed by atoms with Crippen LogP contribution in [0.5, 0.6) is 0 Å². The van der Waals surface area contributed by atoms with Crippen LogP contribution in [-0.2, 0) is 13.1 Å². The van der Waals surface area contributed by atoms with Crippen LogP contribution in [0.25, 0.3) is 0 Å². The van der Waals surface area contributed by atoms with E-state index in [9.17, 15) is 4.79 Å². The third-order valence-corrected chi connectivity index (χ3v) is 3.57. The fourth-order valence-corrected chi connectivity index (χ4v) is 2.18. The first-order valence-corrected chi connectivity index (χ1v) is 7.75. The van der Waals surface area contributed by atoms with Crippen molar-refractivity contribution in [2.75, 3.05) is 0 Å². The summed E-state index contributed by atoms with van der Waals surface area (Å²) in [5.41, 5.74) is 2.00. The van der Waals surface area contributed by atoms with Crippen LogP contribution in [-0.4, -0.2) is 35.9 Å². The summed E-state index contributed by atoms with van der Waals surface area (Å²) in [4.78, 5) is 12.0. The van der Waals surface area contributed by atoms with Gasteiger partial charge in [-0.2, -0.15) is 0 Å². The van der Waals surface area contributed by atoms with Gasteiger partial charge in [0.05, 0.1) is 25.5 Å². The molecule has 0 spiro atoms. The lowest BCUT2D eigenvalue weighted by Gasteiger charge is -2.02. The zero-order chi connectivity index (χ0) is 17.6. The number of amides is 1. The van der Waals surface area contributed by atoms with Crippen molar-refractivity contribution in [1.29, 1.82) is 0 Å². The van der Waals surface area contributed by atoms with Crippen LogP contribution in [0.4, 0.5) is 0 Å². The third kappa shape index (κ3) is 4.09. The van der Waals surface area contributed by atoms with E-state index in [0.29, 0.717) is 24.3 Å². The molecule has 1 amide bonds. The number of terminal acetylenes is 1. The summed E-state index contributed by atoms with van der Waals surface area (Å²) in [5, 5.41) is 18.9. The molecule has 3 aromatic rings. The van der Waals surface area contributed by atoms with E-state index in [-0.39, 0.29) is 11.9 Å². The summed E-state index contributed by atoms with van der Waals surface area (Å²) in [6.07, 6.45) is 8.91. The number of nitrogens with zero attached hydrogens (tertiary/aromatic N) is 6. The number of rotatable bonds is 6. The van der Waals surface area contributed by atoms with Crippen LogP contribution in [0.1, 0.15) is 34.7 Å². The Hall–Kier alpha value is -3.47. The van der Waals surface area contributed by atoms with Gasteiger partial charge in [0.15, 0.2) is 0 Å². The van der Waals surface area contributed by atoms with E-state index >= 15 is 0 Å². The van der Waals surface area contributed by atoms with E-state index in [4.69, 9.17) is 6.42 Å². The molecule has 0 aliphatic rings. The minimum absolute atomic E-state index is 0.152. The lowest BCUT2D eigenvalue weighted by molar-refractivity contribution is 0.0950. The van der Waals surface area contributed by atoms with Crippen LogP contribution in [0.15, 0.2) is 42.7 Å². The number of nitrogens with one attached hydrogen (secondary N) is 1. The minimum Gasteiger partial charge on any atom is -0.346 e. The number of carbonyl (C=O) groups is 1. The highest BCUT2D eigenvalue weighted by Gasteiger charge is 2.09. The first kappa shape index (κ1) is 16.4. The fourth-order valence-electron chi connectivity index (χ4n) is 2.18. The summed E-state index contributed by atoms with van der Waals surface area (Å²) in [5.74, 6) is 2.44. The Bertz CT molecular complexity index is 891. The largest absolute Gasteiger partial charge is 0.346 e. The molecular weight excluding hydrogens is 318 g/mol. The molecule has 0 aliphatic carbocycles. The van der Waals surface area contributed by atoms with Crippen molar-refractivity contribution in [3.05, 3.63) is 59.7 Å². The first-order chi connectivity index (χ1) is 12.2. The molecule has 1 unspecified atom stereocenters. The predicted molar refractivity (Wildman–Crippen MR) is 90.3 cm³/mol. The fraction of sp³-hybridized carbons (Fsp3) is 0.235.